The van der Waals surface area contributed by atoms with Crippen molar-refractivity contribution in [1.82, 2.24) is 9.97 Å². The lowest BCUT2D eigenvalue weighted by Gasteiger charge is -2.22. The van der Waals surface area contributed by atoms with Gasteiger partial charge in [0.05, 0.1) is 24.0 Å². The van der Waals surface area contributed by atoms with E-state index in [2.05, 4.69) is 15.4 Å². The van der Waals surface area contributed by atoms with E-state index in [0.717, 1.165) is 6.20 Å². The zero-order chi connectivity index (χ0) is 15.0. The summed E-state index contributed by atoms with van der Waals surface area (Å²) in [6.07, 6.45) is 1.28. The summed E-state index contributed by atoms with van der Waals surface area (Å²) in [5.41, 5.74) is 1.98. The molecule has 0 bridgehead atoms. The first kappa shape index (κ1) is 15.5. The van der Waals surface area contributed by atoms with Crippen molar-refractivity contribution < 1.29 is 9.66 Å². The van der Waals surface area contributed by atoms with Crippen LogP contribution in [0.4, 0.5) is 17.5 Å². The molecule has 0 fully saturated rings. The molecule has 10 nitrogen and oxygen atoms in total. The molecule has 20 heavy (non-hydrogen) atoms. The number of hydrazine groups is 1. The lowest BCUT2D eigenvalue weighted by atomic mass is 10.3. The molecule has 1 aromatic heterocycles. The van der Waals surface area contributed by atoms with Gasteiger partial charge in [-0.05, 0) is 0 Å². The number of ether oxygens (including phenoxy) is 1. The fraction of sp³-hybridized carbons (Fsp3) is 0.500. The van der Waals surface area contributed by atoms with Crippen molar-refractivity contribution in [2.45, 2.75) is 6.42 Å². The van der Waals surface area contributed by atoms with E-state index in [1.54, 1.807) is 4.90 Å². The number of anilines is 2. The van der Waals surface area contributed by atoms with E-state index < -0.39 is 4.92 Å². The highest BCUT2D eigenvalue weighted by Gasteiger charge is 2.22. The normalized spacial score (nSPS) is 9.85. The summed E-state index contributed by atoms with van der Waals surface area (Å²) in [5.74, 6) is 5.37. The standard InChI is InChI=1S/C10H15N7O3/c1-20-6-5-16(4-2-3-11)9-8(17(18)19)7-13-10(14-9)15-12/h7H,2,4-6,12H2,1H3,(H,13,14,15). The van der Waals surface area contributed by atoms with E-state index >= 15 is 0 Å². The first-order chi connectivity index (χ1) is 9.63. The van der Waals surface area contributed by atoms with Gasteiger partial charge in [-0.2, -0.15) is 10.2 Å². The highest BCUT2D eigenvalue weighted by Crippen LogP contribution is 2.25. The number of methoxy groups -OCH3 is 1. The molecule has 0 radical (unpaired) electrons. The highest BCUT2D eigenvalue weighted by atomic mass is 16.6. The van der Waals surface area contributed by atoms with E-state index in [-0.39, 0.29) is 23.9 Å². The maximum absolute atomic E-state index is 11.0. The second-order valence-corrected chi connectivity index (χ2v) is 3.69. The van der Waals surface area contributed by atoms with Crippen LogP contribution in [0.5, 0.6) is 0 Å². The Morgan fingerprint density at radius 1 is 1.65 bits per heavy atom. The number of nitrogens with two attached hydrogens (primary N) is 1. The summed E-state index contributed by atoms with van der Waals surface area (Å²) in [5, 5.41) is 19.7. The maximum atomic E-state index is 11.0. The number of nitrogen functional groups attached to an aromatic ring is 1. The molecule has 1 aromatic rings. The smallest absolute Gasteiger partial charge is 0.329 e. The fourth-order valence-electron chi connectivity index (χ4n) is 1.51. The maximum Gasteiger partial charge on any atom is 0.329 e. The molecule has 0 amide bonds. The molecule has 0 aliphatic heterocycles. The van der Waals surface area contributed by atoms with Gasteiger partial charge in [-0.15, -0.1) is 0 Å². The van der Waals surface area contributed by atoms with Crippen LogP contribution in [0, 0.1) is 21.4 Å². The van der Waals surface area contributed by atoms with Crippen molar-refractivity contribution in [3.05, 3.63) is 16.3 Å². The Kier molecular flexibility index (Phi) is 6.08. The van der Waals surface area contributed by atoms with E-state index in [1.165, 1.54) is 7.11 Å². The lowest BCUT2D eigenvalue weighted by molar-refractivity contribution is -0.384. The topological polar surface area (TPSA) is 143 Å². The molecular weight excluding hydrogens is 266 g/mol. The third kappa shape index (κ3) is 4.01. The second-order valence-electron chi connectivity index (χ2n) is 3.69. The third-order valence-corrected chi connectivity index (χ3v) is 2.43. The van der Waals surface area contributed by atoms with E-state index in [0.29, 0.717) is 19.7 Å². The minimum absolute atomic E-state index is 0.0602. The first-order valence-corrected chi connectivity index (χ1v) is 5.73. The Balaban J connectivity index is 3.13. The van der Waals surface area contributed by atoms with Crippen molar-refractivity contribution >= 4 is 17.5 Å². The van der Waals surface area contributed by atoms with E-state index in [1.807, 2.05) is 6.07 Å². The number of hydrogen-bond acceptors (Lipinski definition) is 9. The van der Waals surface area contributed by atoms with E-state index in [9.17, 15) is 10.1 Å². The predicted molar refractivity (Wildman–Crippen MR) is 70.8 cm³/mol. The summed E-state index contributed by atoms with van der Waals surface area (Å²) in [6, 6.07) is 1.99. The summed E-state index contributed by atoms with van der Waals surface area (Å²) in [7, 11) is 1.52. The summed E-state index contributed by atoms with van der Waals surface area (Å²) in [4.78, 5) is 19.7. The Bertz CT molecular complexity index is 502. The number of aromatic nitrogens is 2. The van der Waals surface area contributed by atoms with Gasteiger partial charge in [-0.1, -0.05) is 0 Å². The lowest BCUT2D eigenvalue weighted by Crippen LogP contribution is -2.30. The van der Waals surface area contributed by atoms with Crippen LogP contribution < -0.4 is 16.2 Å². The van der Waals surface area contributed by atoms with Crippen molar-refractivity contribution in [2.75, 3.05) is 37.1 Å². The zero-order valence-corrected chi connectivity index (χ0v) is 10.9. The summed E-state index contributed by atoms with van der Waals surface area (Å²) < 4.78 is 4.95. The molecule has 3 N–H and O–H groups in total. The average molecular weight is 281 g/mol. The highest BCUT2D eigenvalue weighted by molar-refractivity contribution is 5.58. The van der Waals surface area contributed by atoms with Crippen LogP contribution in [0.2, 0.25) is 0 Å². The largest absolute Gasteiger partial charge is 0.383 e. The van der Waals surface area contributed by atoms with Crippen molar-refractivity contribution in [1.29, 1.82) is 5.26 Å². The van der Waals surface area contributed by atoms with Gasteiger partial charge in [0, 0.05) is 20.2 Å². The Labute approximate surface area is 115 Å². The minimum Gasteiger partial charge on any atom is -0.383 e. The van der Waals surface area contributed by atoms with Crippen LogP contribution in [0.25, 0.3) is 0 Å². The Morgan fingerprint density at radius 2 is 2.40 bits per heavy atom. The molecule has 1 heterocycles. The molecule has 0 saturated carbocycles. The van der Waals surface area contributed by atoms with Gasteiger partial charge in [-0.3, -0.25) is 15.5 Å². The molecule has 1 rings (SSSR count). The number of rotatable bonds is 8. The van der Waals surface area contributed by atoms with Crippen LogP contribution in [-0.2, 0) is 4.74 Å². The van der Waals surface area contributed by atoms with Crippen molar-refractivity contribution in [3.8, 4) is 6.07 Å². The predicted octanol–water partition coefficient (Wildman–Crippen LogP) is 0.0369. The van der Waals surface area contributed by atoms with Gasteiger partial charge >= 0.3 is 5.69 Å². The van der Waals surface area contributed by atoms with Gasteiger partial charge in [0.1, 0.15) is 6.20 Å². The monoisotopic (exact) mass is 281 g/mol. The van der Waals surface area contributed by atoms with Gasteiger partial charge in [0.2, 0.25) is 11.8 Å². The molecule has 10 heteroatoms. The number of nitro groups is 1. The molecule has 0 atom stereocenters. The molecule has 108 valence electrons. The Morgan fingerprint density at radius 3 is 2.95 bits per heavy atom. The van der Waals surface area contributed by atoms with Crippen LogP contribution in [0.1, 0.15) is 6.42 Å². The van der Waals surface area contributed by atoms with Crippen molar-refractivity contribution in [2.24, 2.45) is 5.84 Å². The SMILES string of the molecule is COCCN(CCC#N)c1nc(NN)ncc1[N+](=O)[O-]. The number of nitriles is 1. The second kappa shape index (κ2) is 7.82. The van der Waals surface area contributed by atoms with Gasteiger partial charge in [0.25, 0.3) is 0 Å². The van der Waals surface area contributed by atoms with Crippen LogP contribution in [-0.4, -0.2) is 41.7 Å². The minimum atomic E-state index is -0.582. The molecule has 0 unspecified atom stereocenters. The average Bonchev–Trinajstić information content (AvgIpc) is 2.46. The van der Waals surface area contributed by atoms with Crippen molar-refractivity contribution in [3.63, 3.8) is 0 Å². The van der Waals surface area contributed by atoms with Crippen LogP contribution in [0.15, 0.2) is 6.20 Å². The number of hydrogen-bond donors (Lipinski definition) is 2. The number of nitrogens with one attached hydrogen (secondary N) is 1. The van der Waals surface area contributed by atoms with Gasteiger partial charge < -0.3 is 9.64 Å². The fourth-order valence-corrected chi connectivity index (χ4v) is 1.51. The molecule has 0 aliphatic rings. The Hall–Kier alpha value is -2.51. The summed E-state index contributed by atoms with van der Waals surface area (Å²) in [6.45, 7) is 1.000. The molecule has 0 aliphatic carbocycles. The molecule has 0 spiro atoms. The quantitative estimate of drug-likeness (QED) is 0.383. The molecular formula is C10H15N7O3. The van der Waals surface area contributed by atoms with Crippen LogP contribution >= 0.6 is 0 Å². The molecule has 0 saturated heterocycles. The van der Waals surface area contributed by atoms with Gasteiger partial charge in [-0.25, -0.2) is 10.8 Å². The molecule has 0 aromatic carbocycles. The zero-order valence-electron chi connectivity index (χ0n) is 10.9. The van der Waals surface area contributed by atoms with Gasteiger partial charge in [0.15, 0.2) is 0 Å². The summed E-state index contributed by atoms with van der Waals surface area (Å²) >= 11 is 0. The third-order valence-electron chi connectivity index (χ3n) is 2.43. The van der Waals surface area contributed by atoms with Crippen LogP contribution in [0.3, 0.4) is 0 Å². The first-order valence-electron chi connectivity index (χ1n) is 5.73. The number of nitrogens with zero attached hydrogens (tertiary/aromatic N) is 5. The van der Waals surface area contributed by atoms with E-state index in [4.69, 9.17) is 15.8 Å².